The average molecular weight is 356 g/mol. The summed E-state index contributed by atoms with van der Waals surface area (Å²) in [5.41, 5.74) is 3.18. The molecule has 0 saturated heterocycles. The van der Waals surface area contributed by atoms with E-state index in [4.69, 9.17) is 10.2 Å². The van der Waals surface area contributed by atoms with E-state index in [0.29, 0.717) is 10.9 Å². The summed E-state index contributed by atoms with van der Waals surface area (Å²) in [5.74, 6) is 0.877. The Kier molecular flexibility index (Phi) is 4.12. The van der Waals surface area contributed by atoms with Crippen molar-refractivity contribution in [3.8, 4) is 6.07 Å². The van der Waals surface area contributed by atoms with Crippen LogP contribution in [0.3, 0.4) is 0 Å². The number of pyridine rings is 1. The second kappa shape index (κ2) is 6.48. The monoisotopic (exact) mass is 356 g/mol. The molecular formula is C22H20N4O. The lowest BCUT2D eigenvalue weighted by Crippen LogP contribution is -2.36. The van der Waals surface area contributed by atoms with Gasteiger partial charge in [0.05, 0.1) is 22.2 Å². The highest BCUT2D eigenvalue weighted by Gasteiger charge is 2.27. The summed E-state index contributed by atoms with van der Waals surface area (Å²) in [6, 6.07) is 11.3. The highest BCUT2D eigenvalue weighted by atomic mass is 16.1. The van der Waals surface area contributed by atoms with Gasteiger partial charge in [0.15, 0.2) is 0 Å². The third-order valence-corrected chi connectivity index (χ3v) is 5.03. The van der Waals surface area contributed by atoms with Gasteiger partial charge in [-0.15, -0.1) is 0 Å². The van der Waals surface area contributed by atoms with Crippen molar-refractivity contribution in [2.75, 3.05) is 0 Å². The van der Waals surface area contributed by atoms with Gasteiger partial charge in [-0.05, 0) is 47.7 Å². The van der Waals surface area contributed by atoms with Crippen LogP contribution in [0.5, 0.6) is 0 Å². The largest absolute Gasteiger partial charge is 0.296 e. The fraction of sp³-hybridized carbons (Fsp3) is 0.273. The number of aromatic nitrogens is 3. The summed E-state index contributed by atoms with van der Waals surface area (Å²) >= 11 is 0. The smallest absolute Gasteiger partial charge is 0.261 e. The highest BCUT2D eigenvalue weighted by Crippen LogP contribution is 2.29. The Balaban J connectivity index is 1.69. The number of hydrogen-bond donors (Lipinski definition) is 0. The van der Waals surface area contributed by atoms with Crippen LogP contribution in [0.2, 0.25) is 0 Å². The van der Waals surface area contributed by atoms with E-state index in [2.05, 4.69) is 24.9 Å². The first-order valence-electron chi connectivity index (χ1n) is 9.03. The van der Waals surface area contributed by atoms with Gasteiger partial charge < -0.3 is 0 Å². The number of nitriles is 1. The molecule has 0 amide bonds. The molecule has 0 bridgehead atoms. The lowest BCUT2D eigenvalue weighted by molar-refractivity contribution is 0.240. The molecule has 0 radical (unpaired) electrons. The fourth-order valence-electron chi connectivity index (χ4n) is 3.45. The zero-order valence-electron chi connectivity index (χ0n) is 15.4. The first-order chi connectivity index (χ1) is 12.9. The minimum Gasteiger partial charge on any atom is -0.296 e. The normalized spacial score (nSPS) is 15.6. The minimum absolute atomic E-state index is 0.0482. The zero-order valence-corrected chi connectivity index (χ0v) is 15.4. The van der Waals surface area contributed by atoms with Gasteiger partial charge in [-0.25, -0.2) is 4.98 Å². The van der Waals surface area contributed by atoms with E-state index >= 15 is 0 Å². The molecule has 0 atom stereocenters. The quantitative estimate of drug-likeness (QED) is 0.700. The van der Waals surface area contributed by atoms with Crippen molar-refractivity contribution in [3.05, 3.63) is 69.5 Å². The van der Waals surface area contributed by atoms with Crippen molar-refractivity contribution in [2.45, 2.75) is 33.2 Å². The summed E-state index contributed by atoms with van der Waals surface area (Å²) in [5, 5.41) is 9.49. The number of aryl methyl sites for hydroxylation is 1. The molecule has 4 rings (SSSR count). The van der Waals surface area contributed by atoms with Crippen LogP contribution in [-0.4, -0.2) is 14.5 Å². The number of fused-ring (bicyclic) bond motifs is 2. The number of rotatable bonds is 2. The Morgan fingerprint density at radius 3 is 2.81 bits per heavy atom. The summed E-state index contributed by atoms with van der Waals surface area (Å²) in [6.45, 7) is 5.10. The van der Waals surface area contributed by atoms with Crippen molar-refractivity contribution < 1.29 is 0 Å². The maximum absolute atomic E-state index is 12.9. The SMILES string of the molecule is CC1(C)CCc2nc3cc(/C=C/c4ccc(C#N)cn4)ccc3c(=O)n2C1. The second-order valence-corrected chi connectivity index (χ2v) is 7.78. The van der Waals surface area contributed by atoms with Gasteiger partial charge in [-0.1, -0.05) is 26.0 Å². The average Bonchev–Trinajstić information content (AvgIpc) is 2.67. The minimum atomic E-state index is 0.0482. The van der Waals surface area contributed by atoms with E-state index in [9.17, 15) is 4.79 Å². The topological polar surface area (TPSA) is 71.6 Å². The molecule has 5 heteroatoms. The van der Waals surface area contributed by atoms with Crippen molar-refractivity contribution in [1.29, 1.82) is 5.26 Å². The van der Waals surface area contributed by atoms with Crippen LogP contribution < -0.4 is 5.56 Å². The molecule has 1 aliphatic heterocycles. The van der Waals surface area contributed by atoms with Gasteiger partial charge >= 0.3 is 0 Å². The Labute approximate surface area is 157 Å². The summed E-state index contributed by atoms with van der Waals surface area (Å²) < 4.78 is 1.84. The van der Waals surface area contributed by atoms with E-state index in [-0.39, 0.29) is 11.0 Å². The molecular weight excluding hydrogens is 336 g/mol. The molecule has 5 nitrogen and oxygen atoms in total. The van der Waals surface area contributed by atoms with Gasteiger partial charge in [-0.2, -0.15) is 5.26 Å². The molecule has 1 aromatic carbocycles. The van der Waals surface area contributed by atoms with Crippen molar-refractivity contribution >= 4 is 23.1 Å². The van der Waals surface area contributed by atoms with Crippen molar-refractivity contribution in [3.63, 3.8) is 0 Å². The number of nitrogens with zero attached hydrogens (tertiary/aromatic N) is 4. The van der Waals surface area contributed by atoms with Crippen LogP contribution in [0.15, 0.2) is 41.3 Å². The van der Waals surface area contributed by atoms with Crippen molar-refractivity contribution in [2.24, 2.45) is 5.41 Å². The predicted octanol–water partition coefficient (Wildman–Crippen LogP) is 3.81. The Hall–Kier alpha value is -3.26. The highest BCUT2D eigenvalue weighted by molar-refractivity contribution is 5.82. The Bertz CT molecular complexity index is 1150. The fourth-order valence-corrected chi connectivity index (χ4v) is 3.45. The first-order valence-corrected chi connectivity index (χ1v) is 9.03. The van der Waals surface area contributed by atoms with Crippen LogP contribution in [-0.2, 0) is 13.0 Å². The van der Waals surface area contributed by atoms with Crippen LogP contribution in [0.1, 0.15) is 42.9 Å². The first kappa shape index (κ1) is 17.2. The molecule has 134 valence electrons. The van der Waals surface area contributed by atoms with E-state index in [0.717, 1.165) is 42.0 Å². The molecule has 0 unspecified atom stereocenters. The summed E-state index contributed by atoms with van der Waals surface area (Å²) in [7, 11) is 0. The predicted molar refractivity (Wildman–Crippen MR) is 106 cm³/mol. The van der Waals surface area contributed by atoms with E-state index in [1.165, 1.54) is 0 Å². The molecule has 0 N–H and O–H groups in total. The van der Waals surface area contributed by atoms with E-state index in [1.54, 1.807) is 18.3 Å². The van der Waals surface area contributed by atoms with Crippen LogP contribution in [0.4, 0.5) is 0 Å². The molecule has 2 aromatic heterocycles. The molecule has 0 fully saturated rings. The van der Waals surface area contributed by atoms with Crippen LogP contribution in [0, 0.1) is 16.7 Å². The Morgan fingerprint density at radius 1 is 1.22 bits per heavy atom. The molecule has 0 saturated carbocycles. The third-order valence-electron chi connectivity index (χ3n) is 5.03. The second-order valence-electron chi connectivity index (χ2n) is 7.78. The lowest BCUT2D eigenvalue weighted by Gasteiger charge is -2.31. The lowest BCUT2D eigenvalue weighted by atomic mass is 9.85. The van der Waals surface area contributed by atoms with E-state index in [1.807, 2.05) is 34.9 Å². The summed E-state index contributed by atoms with van der Waals surface area (Å²) in [6.07, 6.45) is 7.24. The van der Waals surface area contributed by atoms with Crippen LogP contribution >= 0.6 is 0 Å². The molecule has 0 aliphatic carbocycles. The third kappa shape index (κ3) is 3.39. The standard InChI is InChI=1S/C22H20N4O/c1-22(2)10-9-20-25-19-11-15(5-8-18(19)21(27)26(20)14-22)3-6-17-7-4-16(12-23)13-24-17/h3-8,11,13H,9-10,14H2,1-2H3/b6-3+. The van der Waals surface area contributed by atoms with Crippen LogP contribution in [0.25, 0.3) is 23.1 Å². The molecule has 27 heavy (non-hydrogen) atoms. The molecule has 0 spiro atoms. The maximum Gasteiger partial charge on any atom is 0.261 e. The zero-order chi connectivity index (χ0) is 19.0. The van der Waals surface area contributed by atoms with Gasteiger partial charge in [0.25, 0.3) is 5.56 Å². The van der Waals surface area contributed by atoms with Gasteiger partial charge in [0.1, 0.15) is 11.9 Å². The maximum atomic E-state index is 12.9. The van der Waals surface area contributed by atoms with E-state index < -0.39 is 0 Å². The molecule has 3 aromatic rings. The summed E-state index contributed by atoms with van der Waals surface area (Å²) in [4.78, 5) is 21.9. The van der Waals surface area contributed by atoms with Gasteiger partial charge in [0, 0.05) is 19.2 Å². The van der Waals surface area contributed by atoms with Gasteiger partial charge in [-0.3, -0.25) is 14.3 Å². The van der Waals surface area contributed by atoms with Crippen molar-refractivity contribution in [1.82, 2.24) is 14.5 Å². The molecule has 3 heterocycles. The number of hydrogen-bond acceptors (Lipinski definition) is 4. The number of benzene rings is 1. The Morgan fingerprint density at radius 2 is 2.07 bits per heavy atom. The molecule has 1 aliphatic rings. The van der Waals surface area contributed by atoms with Gasteiger partial charge in [0.2, 0.25) is 0 Å².